The molecule has 0 saturated carbocycles. The molecule has 2 N–H and O–H groups in total. The molecule has 1 atom stereocenters. The van der Waals surface area contributed by atoms with E-state index in [1.165, 1.54) is 0 Å². The quantitative estimate of drug-likeness (QED) is 0.761. The molecule has 0 spiro atoms. The number of rotatable bonds is 4. The number of β-amino-alcohol motifs (C(OH)–C–C–N with tert-alkyl or cyclic N) is 1. The van der Waals surface area contributed by atoms with Crippen molar-refractivity contribution in [1.29, 1.82) is 0 Å². The van der Waals surface area contributed by atoms with Gasteiger partial charge in [-0.3, -0.25) is 0 Å². The normalized spacial score (nSPS) is 17.8. The summed E-state index contributed by atoms with van der Waals surface area (Å²) in [6, 6.07) is 9.92. The summed E-state index contributed by atoms with van der Waals surface area (Å²) in [5.74, 6) is 2.30. The number of hydrogen-bond acceptors (Lipinski definition) is 6. The average molecular weight is 338 g/mol. The minimum Gasteiger partial charge on any atom is -0.459 e. The predicted octanol–water partition coefficient (Wildman–Crippen LogP) is 3.10. The highest BCUT2D eigenvalue weighted by Crippen LogP contribution is 2.25. The molecule has 1 aromatic carbocycles. The number of benzene rings is 1. The third-order valence-corrected chi connectivity index (χ3v) is 4.71. The van der Waals surface area contributed by atoms with Crippen LogP contribution in [-0.2, 0) is 6.54 Å². The number of aliphatic hydroxyl groups excluding tert-OH is 1. The van der Waals surface area contributed by atoms with Crippen LogP contribution in [0, 0.1) is 6.92 Å². The van der Waals surface area contributed by atoms with Gasteiger partial charge in [0.05, 0.1) is 12.6 Å². The minimum absolute atomic E-state index is 0.279. The van der Waals surface area contributed by atoms with E-state index < -0.39 is 0 Å². The maximum absolute atomic E-state index is 9.85. The summed E-state index contributed by atoms with van der Waals surface area (Å²) in [4.78, 5) is 11.0. The van der Waals surface area contributed by atoms with Crippen LogP contribution in [0.5, 0.6) is 0 Å². The molecule has 2 aromatic heterocycles. The maximum atomic E-state index is 9.85. The number of para-hydroxylation sites is 1. The van der Waals surface area contributed by atoms with Crippen molar-refractivity contribution in [3.8, 4) is 0 Å². The van der Waals surface area contributed by atoms with Crippen molar-refractivity contribution in [1.82, 2.24) is 9.97 Å². The summed E-state index contributed by atoms with van der Waals surface area (Å²) in [6.45, 7) is 4.14. The molecular weight excluding hydrogens is 316 g/mol. The lowest BCUT2D eigenvalue weighted by Crippen LogP contribution is -2.38. The lowest BCUT2D eigenvalue weighted by molar-refractivity contribution is 0.154. The largest absolute Gasteiger partial charge is 0.459 e. The number of nitrogens with one attached hydrogen (secondary N) is 1. The number of aromatic nitrogens is 2. The Morgan fingerprint density at radius 2 is 2.20 bits per heavy atom. The van der Waals surface area contributed by atoms with Crippen molar-refractivity contribution in [2.24, 2.45) is 0 Å². The van der Waals surface area contributed by atoms with Crippen LogP contribution in [0.3, 0.4) is 0 Å². The van der Waals surface area contributed by atoms with Gasteiger partial charge < -0.3 is 19.7 Å². The molecule has 1 fully saturated rings. The summed E-state index contributed by atoms with van der Waals surface area (Å²) in [6.07, 6.45) is 3.31. The van der Waals surface area contributed by atoms with Gasteiger partial charge in [-0.15, -0.1) is 0 Å². The lowest BCUT2D eigenvalue weighted by atomic mass is 10.1. The van der Waals surface area contributed by atoms with Crippen molar-refractivity contribution >= 4 is 22.7 Å². The first-order valence-corrected chi connectivity index (χ1v) is 8.67. The molecule has 0 radical (unpaired) electrons. The van der Waals surface area contributed by atoms with Gasteiger partial charge in [-0.2, -0.15) is 4.98 Å². The SMILES string of the molecule is Cc1c(CNc2nccc(N3CCCC(O)C3)n2)oc2ccccc12. The Morgan fingerprint density at radius 3 is 3.04 bits per heavy atom. The zero-order valence-electron chi connectivity index (χ0n) is 14.3. The smallest absolute Gasteiger partial charge is 0.224 e. The molecule has 3 aromatic rings. The van der Waals surface area contributed by atoms with Crippen LogP contribution >= 0.6 is 0 Å². The van der Waals surface area contributed by atoms with E-state index in [1.807, 2.05) is 24.3 Å². The van der Waals surface area contributed by atoms with Gasteiger partial charge in [0.15, 0.2) is 0 Å². The zero-order valence-corrected chi connectivity index (χ0v) is 14.3. The summed E-state index contributed by atoms with van der Waals surface area (Å²) < 4.78 is 5.92. The Morgan fingerprint density at radius 1 is 1.32 bits per heavy atom. The molecule has 0 aliphatic carbocycles. The molecule has 1 aliphatic rings. The topological polar surface area (TPSA) is 74.4 Å². The number of anilines is 2. The van der Waals surface area contributed by atoms with E-state index in [2.05, 4.69) is 33.2 Å². The summed E-state index contributed by atoms with van der Waals surface area (Å²) >= 11 is 0. The van der Waals surface area contributed by atoms with Crippen LogP contribution in [0.25, 0.3) is 11.0 Å². The van der Waals surface area contributed by atoms with Crippen molar-refractivity contribution in [2.75, 3.05) is 23.3 Å². The molecule has 6 heteroatoms. The first kappa shape index (κ1) is 15.9. The van der Waals surface area contributed by atoms with E-state index in [4.69, 9.17) is 4.42 Å². The molecule has 1 aliphatic heterocycles. The van der Waals surface area contributed by atoms with Crippen molar-refractivity contribution in [2.45, 2.75) is 32.4 Å². The summed E-state index contributed by atoms with van der Waals surface area (Å²) in [5.41, 5.74) is 2.03. The Balaban J connectivity index is 1.49. The summed E-state index contributed by atoms with van der Waals surface area (Å²) in [7, 11) is 0. The highest BCUT2D eigenvalue weighted by atomic mass is 16.3. The number of fused-ring (bicyclic) bond motifs is 1. The van der Waals surface area contributed by atoms with Gasteiger partial charge in [-0.25, -0.2) is 4.98 Å². The van der Waals surface area contributed by atoms with Crippen molar-refractivity contribution in [3.05, 3.63) is 47.9 Å². The second-order valence-corrected chi connectivity index (χ2v) is 6.48. The predicted molar refractivity (Wildman–Crippen MR) is 97.8 cm³/mol. The monoisotopic (exact) mass is 338 g/mol. The van der Waals surface area contributed by atoms with Gasteiger partial charge in [0.25, 0.3) is 0 Å². The van der Waals surface area contributed by atoms with Gasteiger partial charge in [0.1, 0.15) is 17.2 Å². The zero-order chi connectivity index (χ0) is 17.2. The van der Waals surface area contributed by atoms with E-state index in [0.717, 1.165) is 47.5 Å². The molecule has 130 valence electrons. The van der Waals surface area contributed by atoms with Crippen molar-refractivity contribution < 1.29 is 9.52 Å². The first-order chi connectivity index (χ1) is 12.2. The van der Waals surface area contributed by atoms with Crippen LogP contribution in [0.2, 0.25) is 0 Å². The van der Waals surface area contributed by atoms with E-state index in [0.29, 0.717) is 19.0 Å². The second-order valence-electron chi connectivity index (χ2n) is 6.48. The molecule has 1 saturated heterocycles. The Labute approximate surface area is 146 Å². The van der Waals surface area contributed by atoms with E-state index in [9.17, 15) is 5.11 Å². The number of piperidine rings is 1. The third-order valence-electron chi connectivity index (χ3n) is 4.71. The fourth-order valence-electron chi connectivity index (χ4n) is 3.33. The number of hydrogen-bond donors (Lipinski definition) is 2. The first-order valence-electron chi connectivity index (χ1n) is 8.67. The van der Waals surface area contributed by atoms with Crippen LogP contribution in [-0.4, -0.2) is 34.3 Å². The molecule has 0 amide bonds. The van der Waals surface area contributed by atoms with E-state index in [-0.39, 0.29) is 6.10 Å². The van der Waals surface area contributed by atoms with Gasteiger partial charge in [0.2, 0.25) is 5.95 Å². The molecule has 0 bridgehead atoms. The Kier molecular flexibility index (Phi) is 4.28. The number of nitrogens with zero attached hydrogens (tertiary/aromatic N) is 3. The summed E-state index contributed by atoms with van der Waals surface area (Å²) in [5, 5.41) is 14.2. The van der Waals surface area contributed by atoms with Crippen LogP contribution in [0.4, 0.5) is 11.8 Å². The van der Waals surface area contributed by atoms with Crippen LogP contribution in [0.1, 0.15) is 24.2 Å². The van der Waals surface area contributed by atoms with Crippen LogP contribution in [0.15, 0.2) is 40.9 Å². The third kappa shape index (κ3) is 3.30. The molecule has 25 heavy (non-hydrogen) atoms. The minimum atomic E-state index is -0.279. The standard InChI is InChI=1S/C19H22N4O2/c1-13-15-6-2-3-7-16(15)25-17(13)11-21-19-20-9-8-18(22-19)23-10-4-5-14(24)12-23/h2-3,6-9,14,24H,4-5,10-12H2,1H3,(H,20,21,22). The van der Waals surface area contributed by atoms with Crippen LogP contribution < -0.4 is 10.2 Å². The van der Waals surface area contributed by atoms with Gasteiger partial charge >= 0.3 is 0 Å². The van der Waals surface area contributed by atoms with Crippen molar-refractivity contribution in [3.63, 3.8) is 0 Å². The second kappa shape index (κ2) is 6.72. The number of furan rings is 1. The highest BCUT2D eigenvalue weighted by molar-refractivity contribution is 5.81. The van der Waals surface area contributed by atoms with Gasteiger partial charge in [-0.1, -0.05) is 18.2 Å². The van der Waals surface area contributed by atoms with Gasteiger partial charge in [-0.05, 0) is 31.9 Å². The Hall–Kier alpha value is -2.60. The lowest BCUT2D eigenvalue weighted by Gasteiger charge is -2.31. The van der Waals surface area contributed by atoms with E-state index in [1.54, 1.807) is 6.20 Å². The molecule has 1 unspecified atom stereocenters. The fraction of sp³-hybridized carbons (Fsp3) is 0.368. The Bertz CT molecular complexity index is 877. The number of aryl methyl sites for hydroxylation is 1. The maximum Gasteiger partial charge on any atom is 0.224 e. The number of aliphatic hydroxyl groups is 1. The average Bonchev–Trinajstić information content (AvgIpc) is 2.97. The molecule has 4 rings (SSSR count). The molecular formula is C19H22N4O2. The molecule has 3 heterocycles. The fourth-order valence-corrected chi connectivity index (χ4v) is 3.33. The highest BCUT2D eigenvalue weighted by Gasteiger charge is 2.19. The van der Waals surface area contributed by atoms with E-state index >= 15 is 0 Å². The van der Waals surface area contributed by atoms with Gasteiger partial charge in [0, 0.05) is 30.2 Å². The molecule has 6 nitrogen and oxygen atoms in total.